The van der Waals surface area contributed by atoms with Crippen molar-refractivity contribution < 1.29 is 13.2 Å². The van der Waals surface area contributed by atoms with Crippen LogP contribution < -0.4 is 5.32 Å². The molecule has 1 heterocycles. The first-order chi connectivity index (χ1) is 9.91. The molecule has 0 spiro atoms. The van der Waals surface area contributed by atoms with Crippen molar-refractivity contribution in [3.63, 3.8) is 0 Å². The summed E-state index contributed by atoms with van der Waals surface area (Å²) in [6, 6.07) is 0.148. The van der Waals surface area contributed by atoms with Gasteiger partial charge in [0.25, 0.3) is 10.0 Å². The first-order valence-corrected chi connectivity index (χ1v) is 8.59. The lowest BCUT2D eigenvalue weighted by Crippen LogP contribution is -2.46. The first kappa shape index (κ1) is 16.0. The van der Waals surface area contributed by atoms with E-state index in [2.05, 4.69) is 22.2 Å². The number of carbonyl (C=O) groups excluding carboxylic acids is 1. The smallest absolute Gasteiger partial charge is 0.260 e. The van der Waals surface area contributed by atoms with Gasteiger partial charge in [-0.1, -0.05) is 19.8 Å². The van der Waals surface area contributed by atoms with Gasteiger partial charge in [0, 0.05) is 13.1 Å². The Kier molecular flexibility index (Phi) is 5.00. The van der Waals surface area contributed by atoms with Crippen LogP contribution in [0.5, 0.6) is 0 Å². The Bertz CT molecular complexity index is 570. The van der Waals surface area contributed by atoms with Crippen molar-refractivity contribution in [3.05, 3.63) is 12.5 Å². The van der Waals surface area contributed by atoms with Crippen LogP contribution in [0.4, 0.5) is 0 Å². The molecule has 7 nitrogen and oxygen atoms in total. The molecule has 0 saturated heterocycles. The maximum atomic E-state index is 12.2. The number of imidazole rings is 1. The number of hydrogen-bond donors (Lipinski definition) is 2. The summed E-state index contributed by atoms with van der Waals surface area (Å²) >= 11 is 0. The highest BCUT2D eigenvalue weighted by atomic mass is 32.2. The molecule has 1 amide bonds. The number of nitrogens with one attached hydrogen (secondary N) is 2. The lowest BCUT2D eigenvalue weighted by Gasteiger charge is -2.30. The molecule has 1 aromatic heterocycles. The number of aromatic nitrogens is 2. The summed E-state index contributed by atoms with van der Waals surface area (Å²) in [6.07, 6.45) is 6.90. The van der Waals surface area contributed by atoms with Gasteiger partial charge in [-0.3, -0.25) is 4.79 Å². The lowest BCUT2D eigenvalue weighted by atomic mass is 9.86. The van der Waals surface area contributed by atoms with E-state index in [1.807, 2.05) is 0 Å². The zero-order chi connectivity index (χ0) is 15.5. The van der Waals surface area contributed by atoms with Gasteiger partial charge in [-0.25, -0.2) is 13.4 Å². The summed E-state index contributed by atoms with van der Waals surface area (Å²) in [7, 11) is -2.30. The fourth-order valence-corrected chi connectivity index (χ4v) is 3.64. The molecule has 0 unspecified atom stereocenters. The van der Waals surface area contributed by atoms with E-state index in [-0.39, 0.29) is 23.5 Å². The third-order valence-corrected chi connectivity index (χ3v) is 5.71. The van der Waals surface area contributed by atoms with Crippen molar-refractivity contribution in [1.82, 2.24) is 19.6 Å². The summed E-state index contributed by atoms with van der Waals surface area (Å²) in [5.41, 5.74) is 0. The lowest BCUT2D eigenvalue weighted by molar-refractivity contribution is -0.122. The maximum absolute atomic E-state index is 12.2. The standard InChI is InChI=1S/C13H22N4O3S/c1-10-5-3-4-6-11(10)16-12(18)8-17(2)21(19,20)13-7-14-9-15-13/h7,9-11H,3-6,8H2,1-2H3,(H,14,15)(H,16,18)/t10-,11+/m0/s1. The van der Waals surface area contributed by atoms with Gasteiger partial charge in [0.1, 0.15) is 0 Å². The number of hydrogen-bond acceptors (Lipinski definition) is 4. The Morgan fingerprint density at radius 3 is 2.81 bits per heavy atom. The van der Waals surface area contributed by atoms with E-state index in [0.29, 0.717) is 5.92 Å². The van der Waals surface area contributed by atoms with E-state index in [0.717, 1.165) is 23.6 Å². The Morgan fingerprint density at radius 2 is 2.19 bits per heavy atom. The molecule has 1 aromatic rings. The van der Waals surface area contributed by atoms with Crippen LogP contribution in [0.15, 0.2) is 17.6 Å². The van der Waals surface area contributed by atoms with Crippen LogP contribution in [-0.2, 0) is 14.8 Å². The minimum Gasteiger partial charge on any atom is -0.352 e. The van der Waals surface area contributed by atoms with Crippen LogP contribution in [-0.4, -0.2) is 48.2 Å². The second-order valence-electron chi connectivity index (χ2n) is 5.61. The molecular formula is C13H22N4O3S. The average Bonchev–Trinajstić information content (AvgIpc) is 2.96. The van der Waals surface area contributed by atoms with Crippen LogP contribution in [0.3, 0.4) is 0 Å². The van der Waals surface area contributed by atoms with Gasteiger partial charge >= 0.3 is 0 Å². The molecule has 8 heteroatoms. The SMILES string of the molecule is C[C@H]1CCCC[C@H]1NC(=O)CN(C)S(=O)(=O)c1cnc[nH]1. The molecule has 118 valence electrons. The van der Waals surface area contributed by atoms with Crippen molar-refractivity contribution in [2.24, 2.45) is 5.92 Å². The number of aromatic amines is 1. The highest BCUT2D eigenvalue weighted by Gasteiger charge is 2.27. The van der Waals surface area contributed by atoms with Crippen LogP contribution in [0.1, 0.15) is 32.6 Å². The van der Waals surface area contributed by atoms with Gasteiger partial charge < -0.3 is 10.3 Å². The molecule has 21 heavy (non-hydrogen) atoms. The molecule has 2 rings (SSSR count). The summed E-state index contributed by atoms with van der Waals surface area (Å²) in [5, 5.41) is 2.94. The van der Waals surface area contributed by atoms with Gasteiger partial charge in [0.15, 0.2) is 5.03 Å². The number of sulfonamides is 1. The van der Waals surface area contributed by atoms with E-state index >= 15 is 0 Å². The first-order valence-electron chi connectivity index (χ1n) is 7.15. The molecule has 1 fully saturated rings. The molecule has 1 saturated carbocycles. The van der Waals surface area contributed by atoms with Gasteiger partial charge in [0.2, 0.25) is 5.91 Å². The third-order valence-electron chi connectivity index (χ3n) is 3.99. The molecule has 1 aliphatic carbocycles. The fourth-order valence-electron chi connectivity index (χ4n) is 2.62. The fraction of sp³-hybridized carbons (Fsp3) is 0.692. The van der Waals surface area contributed by atoms with E-state index in [4.69, 9.17) is 0 Å². The Hall–Kier alpha value is -1.41. The predicted molar refractivity (Wildman–Crippen MR) is 78.0 cm³/mol. The summed E-state index contributed by atoms with van der Waals surface area (Å²) in [4.78, 5) is 18.3. The molecule has 2 atom stereocenters. The summed E-state index contributed by atoms with van der Waals surface area (Å²) in [6.45, 7) is 1.93. The highest BCUT2D eigenvalue weighted by Crippen LogP contribution is 2.23. The van der Waals surface area contributed by atoms with E-state index in [1.54, 1.807) is 0 Å². The summed E-state index contributed by atoms with van der Waals surface area (Å²) in [5.74, 6) is 0.177. The van der Waals surface area contributed by atoms with Crippen molar-refractivity contribution >= 4 is 15.9 Å². The Morgan fingerprint density at radius 1 is 1.48 bits per heavy atom. The van der Waals surface area contributed by atoms with Crippen molar-refractivity contribution in [1.29, 1.82) is 0 Å². The molecule has 0 bridgehead atoms. The molecule has 0 aliphatic heterocycles. The van der Waals surface area contributed by atoms with Gasteiger partial charge in [0.05, 0.1) is 19.1 Å². The highest BCUT2D eigenvalue weighted by molar-refractivity contribution is 7.89. The van der Waals surface area contributed by atoms with Crippen LogP contribution in [0.2, 0.25) is 0 Å². The third kappa shape index (κ3) is 3.82. The number of amides is 1. The number of H-pyrrole nitrogens is 1. The van der Waals surface area contributed by atoms with Crippen LogP contribution >= 0.6 is 0 Å². The molecular weight excluding hydrogens is 292 g/mol. The summed E-state index contributed by atoms with van der Waals surface area (Å²) < 4.78 is 25.4. The molecule has 1 aliphatic rings. The topological polar surface area (TPSA) is 95.2 Å². The Labute approximate surface area is 125 Å². The minimum absolute atomic E-state index is 0.0103. The van der Waals surface area contributed by atoms with E-state index in [1.165, 1.54) is 26.0 Å². The van der Waals surface area contributed by atoms with E-state index < -0.39 is 10.0 Å². The second kappa shape index (κ2) is 6.57. The molecule has 0 aromatic carbocycles. The van der Waals surface area contributed by atoms with Gasteiger partial charge in [-0.15, -0.1) is 0 Å². The van der Waals surface area contributed by atoms with Crippen molar-refractivity contribution in [2.45, 2.75) is 43.7 Å². The minimum atomic E-state index is -3.69. The molecule has 0 radical (unpaired) electrons. The predicted octanol–water partition coefficient (Wildman–Crippen LogP) is 0.725. The second-order valence-corrected chi connectivity index (χ2v) is 7.63. The normalized spacial score (nSPS) is 23.2. The molecule has 2 N–H and O–H groups in total. The Balaban J connectivity index is 1.93. The number of rotatable bonds is 5. The number of carbonyl (C=O) groups is 1. The number of likely N-dealkylation sites (N-methyl/N-ethyl adjacent to an activating group) is 1. The quantitative estimate of drug-likeness (QED) is 0.837. The van der Waals surface area contributed by atoms with E-state index in [9.17, 15) is 13.2 Å². The zero-order valence-corrected chi connectivity index (χ0v) is 13.2. The van der Waals surface area contributed by atoms with Crippen LogP contribution in [0, 0.1) is 5.92 Å². The van der Waals surface area contributed by atoms with Gasteiger partial charge in [-0.05, 0) is 18.8 Å². The average molecular weight is 314 g/mol. The monoisotopic (exact) mass is 314 g/mol. The van der Waals surface area contributed by atoms with Crippen molar-refractivity contribution in [2.75, 3.05) is 13.6 Å². The maximum Gasteiger partial charge on any atom is 0.260 e. The largest absolute Gasteiger partial charge is 0.352 e. The zero-order valence-electron chi connectivity index (χ0n) is 12.4. The van der Waals surface area contributed by atoms with Crippen molar-refractivity contribution in [3.8, 4) is 0 Å². The number of nitrogens with zero attached hydrogens (tertiary/aromatic N) is 2. The van der Waals surface area contributed by atoms with Gasteiger partial charge in [-0.2, -0.15) is 4.31 Å². The van der Waals surface area contributed by atoms with Crippen LogP contribution in [0.25, 0.3) is 0 Å².